The summed E-state index contributed by atoms with van der Waals surface area (Å²) in [4.78, 5) is 18.2. The second-order valence-electron chi connectivity index (χ2n) is 5.33. The van der Waals surface area contributed by atoms with E-state index in [0.717, 1.165) is 19.4 Å². The first kappa shape index (κ1) is 16.0. The molecule has 0 aliphatic carbocycles. The first-order valence-corrected chi connectivity index (χ1v) is 8.39. The van der Waals surface area contributed by atoms with E-state index < -0.39 is 0 Å². The molecule has 21 heavy (non-hydrogen) atoms. The van der Waals surface area contributed by atoms with E-state index >= 15 is 0 Å². The van der Waals surface area contributed by atoms with Crippen LogP contribution in [0.2, 0.25) is 0 Å². The Hall–Kier alpha value is -1.39. The van der Waals surface area contributed by atoms with Crippen molar-refractivity contribution < 1.29 is 4.79 Å². The first-order valence-electron chi connectivity index (χ1n) is 7.51. The molecule has 0 N–H and O–H groups in total. The van der Waals surface area contributed by atoms with Gasteiger partial charge in [0.1, 0.15) is 0 Å². The maximum absolute atomic E-state index is 12.7. The van der Waals surface area contributed by atoms with Gasteiger partial charge in [-0.25, -0.2) is 0 Å². The number of carbonyl (C=O) groups is 1. The molecular formula is C17H24N2OS. The molecule has 3 nitrogen and oxygen atoms in total. The van der Waals surface area contributed by atoms with Crippen LogP contribution in [0.3, 0.4) is 0 Å². The fraction of sp³-hybridized carbons (Fsp3) is 0.471. The molecule has 0 saturated carbocycles. The maximum atomic E-state index is 12.7. The molecule has 1 amide bonds. The van der Waals surface area contributed by atoms with Gasteiger partial charge in [0, 0.05) is 24.5 Å². The van der Waals surface area contributed by atoms with Gasteiger partial charge in [0.25, 0.3) is 0 Å². The Labute approximate surface area is 131 Å². The SMILES string of the molecule is C=CCN(CC=C)CC(=O)N1CCc2sccc2C1CC. The Morgan fingerprint density at radius 2 is 2.19 bits per heavy atom. The van der Waals surface area contributed by atoms with E-state index in [2.05, 4.69) is 36.4 Å². The van der Waals surface area contributed by atoms with Gasteiger partial charge in [0.05, 0.1) is 12.6 Å². The third-order valence-electron chi connectivity index (χ3n) is 3.94. The van der Waals surface area contributed by atoms with Crippen LogP contribution in [0.25, 0.3) is 0 Å². The molecule has 1 aromatic heterocycles. The van der Waals surface area contributed by atoms with Crippen LogP contribution in [-0.4, -0.2) is 41.9 Å². The fourth-order valence-corrected chi connectivity index (χ4v) is 3.91. The van der Waals surface area contributed by atoms with E-state index in [9.17, 15) is 4.79 Å². The lowest BCUT2D eigenvalue weighted by Crippen LogP contribution is -2.45. The van der Waals surface area contributed by atoms with Gasteiger partial charge in [0.15, 0.2) is 0 Å². The molecule has 2 heterocycles. The van der Waals surface area contributed by atoms with Crippen LogP contribution in [0, 0.1) is 0 Å². The summed E-state index contributed by atoms with van der Waals surface area (Å²) in [6.45, 7) is 12.4. The topological polar surface area (TPSA) is 23.6 Å². The van der Waals surface area contributed by atoms with Crippen molar-refractivity contribution in [3.63, 3.8) is 0 Å². The highest BCUT2D eigenvalue weighted by atomic mass is 32.1. The van der Waals surface area contributed by atoms with E-state index in [-0.39, 0.29) is 11.9 Å². The highest BCUT2D eigenvalue weighted by Gasteiger charge is 2.30. The molecule has 1 unspecified atom stereocenters. The van der Waals surface area contributed by atoms with Crippen LogP contribution in [0.4, 0.5) is 0 Å². The molecule has 1 aromatic rings. The summed E-state index contributed by atoms with van der Waals surface area (Å²) in [5.74, 6) is 0.211. The Kier molecular flexibility index (Phi) is 5.76. The largest absolute Gasteiger partial charge is 0.334 e. The number of nitrogens with zero attached hydrogens (tertiary/aromatic N) is 2. The minimum absolute atomic E-state index is 0.211. The number of amides is 1. The molecule has 2 rings (SSSR count). The van der Waals surface area contributed by atoms with Crippen LogP contribution in [-0.2, 0) is 11.2 Å². The van der Waals surface area contributed by atoms with Crippen molar-refractivity contribution in [2.45, 2.75) is 25.8 Å². The number of hydrogen-bond acceptors (Lipinski definition) is 3. The van der Waals surface area contributed by atoms with Crippen LogP contribution in [0.15, 0.2) is 36.8 Å². The third-order valence-corrected chi connectivity index (χ3v) is 4.93. The normalized spacial score (nSPS) is 17.6. The van der Waals surface area contributed by atoms with E-state index in [0.29, 0.717) is 19.6 Å². The Morgan fingerprint density at radius 3 is 2.81 bits per heavy atom. The molecule has 1 aliphatic heterocycles. The minimum atomic E-state index is 0.211. The smallest absolute Gasteiger partial charge is 0.237 e. The zero-order valence-corrected chi connectivity index (χ0v) is 13.6. The molecule has 0 radical (unpaired) electrons. The van der Waals surface area contributed by atoms with Crippen molar-refractivity contribution in [2.75, 3.05) is 26.2 Å². The van der Waals surface area contributed by atoms with Crippen molar-refractivity contribution in [3.8, 4) is 0 Å². The highest BCUT2D eigenvalue weighted by molar-refractivity contribution is 7.10. The monoisotopic (exact) mass is 304 g/mol. The summed E-state index contributed by atoms with van der Waals surface area (Å²) < 4.78 is 0. The number of carbonyl (C=O) groups excluding carboxylic acids is 1. The highest BCUT2D eigenvalue weighted by Crippen LogP contribution is 2.35. The Balaban J connectivity index is 2.08. The maximum Gasteiger partial charge on any atom is 0.237 e. The van der Waals surface area contributed by atoms with Crippen molar-refractivity contribution in [1.29, 1.82) is 0 Å². The Morgan fingerprint density at radius 1 is 1.48 bits per heavy atom. The van der Waals surface area contributed by atoms with E-state index in [4.69, 9.17) is 0 Å². The summed E-state index contributed by atoms with van der Waals surface area (Å²) >= 11 is 1.81. The van der Waals surface area contributed by atoms with Gasteiger partial charge in [-0.1, -0.05) is 19.1 Å². The van der Waals surface area contributed by atoms with E-state index in [1.165, 1.54) is 10.4 Å². The molecule has 1 aliphatic rings. The fourth-order valence-electron chi connectivity index (χ4n) is 2.99. The van der Waals surface area contributed by atoms with Gasteiger partial charge in [-0.2, -0.15) is 0 Å². The minimum Gasteiger partial charge on any atom is -0.334 e. The van der Waals surface area contributed by atoms with Gasteiger partial charge in [-0.15, -0.1) is 24.5 Å². The summed E-state index contributed by atoms with van der Waals surface area (Å²) in [5, 5.41) is 2.14. The molecule has 4 heteroatoms. The summed E-state index contributed by atoms with van der Waals surface area (Å²) in [6, 6.07) is 2.42. The quantitative estimate of drug-likeness (QED) is 0.722. The number of rotatable bonds is 7. The summed E-state index contributed by atoms with van der Waals surface area (Å²) in [7, 11) is 0. The lowest BCUT2D eigenvalue weighted by molar-refractivity contribution is -0.135. The molecular weight excluding hydrogens is 280 g/mol. The standard InChI is InChI=1S/C17H24N2OS/c1-4-9-18(10-5-2)13-17(20)19-11-7-16-14(8-12-21-16)15(19)6-3/h4-5,8,12,15H,1-2,6-7,9-11,13H2,3H3. The Bertz CT molecular complexity index is 499. The van der Waals surface area contributed by atoms with Crippen molar-refractivity contribution in [2.24, 2.45) is 0 Å². The first-order chi connectivity index (χ1) is 10.2. The second kappa shape index (κ2) is 7.57. The van der Waals surface area contributed by atoms with Crippen LogP contribution in [0.1, 0.15) is 29.8 Å². The third kappa shape index (κ3) is 3.63. The average Bonchev–Trinajstić information content (AvgIpc) is 2.95. The van der Waals surface area contributed by atoms with Gasteiger partial charge in [-0.05, 0) is 29.9 Å². The lowest BCUT2D eigenvalue weighted by atomic mass is 9.97. The molecule has 1 atom stereocenters. The zero-order valence-electron chi connectivity index (χ0n) is 12.8. The molecule has 0 bridgehead atoms. The second-order valence-corrected chi connectivity index (χ2v) is 6.33. The van der Waals surface area contributed by atoms with Gasteiger partial charge < -0.3 is 4.90 Å². The van der Waals surface area contributed by atoms with Crippen molar-refractivity contribution in [1.82, 2.24) is 9.80 Å². The predicted molar refractivity (Wildman–Crippen MR) is 89.6 cm³/mol. The van der Waals surface area contributed by atoms with E-state index in [1.807, 2.05) is 28.4 Å². The molecule has 0 fully saturated rings. The number of hydrogen-bond donors (Lipinski definition) is 0. The van der Waals surface area contributed by atoms with E-state index in [1.54, 1.807) is 0 Å². The summed E-state index contributed by atoms with van der Waals surface area (Å²) in [5.41, 5.74) is 1.35. The average molecular weight is 304 g/mol. The number of thiophene rings is 1. The van der Waals surface area contributed by atoms with Crippen molar-refractivity contribution in [3.05, 3.63) is 47.2 Å². The van der Waals surface area contributed by atoms with Crippen LogP contribution < -0.4 is 0 Å². The molecule has 0 spiro atoms. The van der Waals surface area contributed by atoms with Crippen LogP contribution in [0.5, 0.6) is 0 Å². The summed E-state index contributed by atoms with van der Waals surface area (Å²) in [6.07, 6.45) is 5.62. The lowest BCUT2D eigenvalue weighted by Gasteiger charge is -2.36. The molecule has 0 saturated heterocycles. The van der Waals surface area contributed by atoms with Crippen LogP contribution >= 0.6 is 11.3 Å². The number of fused-ring (bicyclic) bond motifs is 1. The molecule has 114 valence electrons. The predicted octanol–water partition coefficient (Wildman–Crippen LogP) is 3.26. The zero-order chi connectivity index (χ0) is 15.2. The van der Waals surface area contributed by atoms with Crippen molar-refractivity contribution >= 4 is 17.2 Å². The van der Waals surface area contributed by atoms with Gasteiger partial charge >= 0.3 is 0 Å². The van der Waals surface area contributed by atoms with Gasteiger partial charge in [-0.3, -0.25) is 9.69 Å². The van der Waals surface area contributed by atoms with Gasteiger partial charge in [0.2, 0.25) is 5.91 Å². The molecule has 0 aromatic carbocycles.